The van der Waals surface area contributed by atoms with E-state index in [0.29, 0.717) is 5.92 Å². The van der Waals surface area contributed by atoms with Crippen LogP contribution in [-0.2, 0) is 11.3 Å². The van der Waals surface area contributed by atoms with Crippen LogP contribution < -0.4 is 10.1 Å². The normalized spacial score (nSPS) is 19.6. The van der Waals surface area contributed by atoms with Crippen molar-refractivity contribution in [2.24, 2.45) is 5.92 Å². The number of nitrogens with one attached hydrogen (secondary N) is 1. The Balaban J connectivity index is 1.41. The van der Waals surface area contributed by atoms with Gasteiger partial charge >= 0.3 is 6.03 Å². The van der Waals surface area contributed by atoms with Gasteiger partial charge in [-0.2, -0.15) is 0 Å². The quantitative estimate of drug-likeness (QED) is 0.885. The molecule has 0 bridgehead atoms. The number of carbonyl (C=O) groups is 1. The van der Waals surface area contributed by atoms with Crippen LogP contribution in [0, 0.1) is 5.92 Å². The van der Waals surface area contributed by atoms with Crippen LogP contribution >= 0.6 is 0 Å². The monoisotopic (exact) mass is 347 g/mol. The van der Waals surface area contributed by atoms with Gasteiger partial charge in [0.25, 0.3) is 0 Å². The molecule has 138 valence electrons. The predicted molar refractivity (Wildman–Crippen MR) is 96.8 cm³/mol. The highest BCUT2D eigenvalue weighted by Gasteiger charge is 2.22. The lowest BCUT2D eigenvalue weighted by Gasteiger charge is -2.35. The molecule has 2 aliphatic heterocycles. The van der Waals surface area contributed by atoms with Crippen molar-refractivity contribution in [3.63, 3.8) is 0 Å². The Hall–Kier alpha value is -1.79. The van der Waals surface area contributed by atoms with Crippen LogP contribution in [0.3, 0.4) is 0 Å². The molecule has 0 aliphatic carbocycles. The molecule has 6 heteroatoms. The highest BCUT2D eigenvalue weighted by molar-refractivity contribution is 5.74. The number of urea groups is 1. The number of benzene rings is 1. The lowest BCUT2D eigenvalue weighted by Crippen LogP contribution is -2.52. The molecule has 0 aromatic heterocycles. The van der Waals surface area contributed by atoms with Gasteiger partial charge in [-0.1, -0.05) is 18.2 Å². The number of nitrogens with zero attached hydrogens (tertiary/aromatic N) is 2. The van der Waals surface area contributed by atoms with E-state index in [1.54, 1.807) is 7.11 Å². The van der Waals surface area contributed by atoms with Crippen molar-refractivity contribution in [1.82, 2.24) is 15.1 Å². The molecule has 1 aromatic rings. The summed E-state index contributed by atoms with van der Waals surface area (Å²) in [5.74, 6) is 1.49. The number of para-hydroxylation sites is 1. The first-order chi connectivity index (χ1) is 12.3. The molecular weight excluding hydrogens is 318 g/mol. The van der Waals surface area contributed by atoms with Crippen molar-refractivity contribution < 1.29 is 14.3 Å². The molecule has 0 spiro atoms. The fourth-order valence-electron chi connectivity index (χ4n) is 3.48. The van der Waals surface area contributed by atoms with Gasteiger partial charge in [0.05, 0.1) is 7.11 Å². The van der Waals surface area contributed by atoms with Crippen molar-refractivity contribution in [2.45, 2.75) is 19.4 Å². The van der Waals surface area contributed by atoms with Gasteiger partial charge in [0.1, 0.15) is 5.75 Å². The number of piperazine rings is 1. The number of hydrogen-bond acceptors (Lipinski definition) is 4. The van der Waals surface area contributed by atoms with Crippen molar-refractivity contribution >= 4 is 6.03 Å². The standard InChI is InChI=1S/C19H29N3O3/c1-24-18-5-3-2-4-17(18)15-21-8-10-22(11-9-21)19(23)20-14-16-6-12-25-13-7-16/h2-5,16H,6-15H2,1H3,(H,20,23). The molecule has 6 nitrogen and oxygen atoms in total. The molecule has 1 aromatic carbocycles. The lowest BCUT2D eigenvalue weighted by molar-refractivity contribution is 0.0658. The molecule has 0 radical (unpaired) electrons. The Morgan fingerprint density at radius 1 is 1.20 bits per heavy atom. The number of rotatable bonds is 5. The largest absolute Gasteiger partial charge is 0.496 e. The minimum atomic E-state index is 0.0726. The van der Waals surface area contributed by atoms with Crippen LogP contribution in [0.1, 0.15) is 18.4 Å². The maximum absolute atomic E-state index is 12.4. The van der Waals surface area contributed by atoms with Crippen molar-refractivity contribution in [1.29, 1.82) is 0 Å². The number of ether oxygens (including phenoxy) is 2. The van der Waals surface area contributed by atoms with E-state index in [1.165, 1.54) is 5.56 Å². The first-order valence-electron chi connectivity index (χ1n) is 9.21. The summed E-state index contributed by atoms with van der Waals surface area (Å²) >= 11 is 0. The third-order valence-corrected chi connectivity index (χ3v) is 5.13. The van der Waals surface area contributed by atoms with E-state index < -0.39 is 0 Å². The van der Waals surface area contributed by atoms with Crippen LogP contribution in [0.2, 0.25) is 0 Å². The molecule has 2 fully saturated rings. The van der Waals surface area contributed by atoms with E-state index in [4.69, 9.17) is 9.47 Å². The summed E-state index contributed by atoms with van der Waals surface area (Å²) in [6.07, 6.45) is 2.10. The molecule has 1 N–H and O–H groups in total. The van der Waals surface area contributed by atoms with Crippen LogP contribution in [0.4, 0.5) is 4.79 Å². The van der Waals surface area contributed by atoms with Crippen LogP contribution in [-0.4, -0.2) is 68.9 Å². The first-order valence-corrected chi connectivity index (χ1v) is 9.21. The molecule has 0 saturated carbocycles. The van der Waals surface area contributed by atoms with Crippen molar-refractivity contribution in [3.05, 3.63) is 29.8 Å². The summed E-state index contributed by atoms with van der Waals surface area (Å²) in [6.45, 7) is 6.60. The minimum Gasteiger partial charge on any atom is -0.496 e. The molecule has 25 heavy (non-hydrogen) atoms. The second-order valence-corrected chi connectivity index (χ2v) is 6.82. The van der Waals surface area contributed by atoms with Gasteiger partial charge < -0.3 is 19.7 Å². The second kappa shape index (κ2) is 9.06. The third-order valence-electron chi connectivity index (χ3n) is 5.13. The first kappa shape index (κ1) is 18.0. The lowest BCUT2D eigenvalue weighted by atomic mass is 10.0. The van der Waals surface area contributed by atoms with E-state index in [2.05, 4.69) is 16.3 Å². The highest BCUT2D eigenvalue weighted by atomic mass is 16.5. The molecule has 3 rings (SSSR count). The molecule has 2 heterocycles. The fourth-order valence-corrected chi connectivity index (χ4v) is 3.48. The predicted octanol–water partition coefficient (Wildman–Crippen LogP) is 1.95. The zero-order valence-electron chi connectivity index (χ0n) is 15.1. The Kier molecular flexibility index (Phi) is 6.53. The smallest absolute Gasteiger partial charge is 0.317 e. The molecule has 2 aliphatic rings. The van der Waals surface area contributed by atoms with Crippen molar-refractivity contribution in [2.75, 3.05) is 53.0 Å². The Morgan fingerprint density at radius 2 is 1.92 bits per heavy atom. The molecular formula is C19H29N3O3. The zero-order chi connectivity index (χ0) is 17.5. The summed E-state index contributed by atoms with van der Waals surface area (Å²) in [5.41, 5.74) is 1.20. The van der Waals surface area contributed by atoms with Gasteiger partial charge in [-0.3, -0.25) is 4.90 Å². The summed E-state index contributed by atoms with van der Waals surface area (Å²) in [4.78, 5) is 16.7. The number of carbonyl (C=O) groups excluding carboxylic acids is 1. The highest BCUT2D eigenvalue weighted by Crippen LogP contribution is 2.20. The van der Waals surface area contributed by atoms with Gasteiger partial charge in [0, 0.05) is 58.0 Å². The van der Waals surface area contributed by atoms with Crippen molar-refractivity contribution in [3.8, 4) is 5.75 Å². The Morgan fingerprint density at radius 3 is 2.64 bits per heavy atom. The van der Waals surface area contributed by atoms with Gasteiger partial charge in [0.15, 0.2) is 0 Å². The molecule has 2 amide bonds. The van der Waals surface area contributed by atoms with Gasteiger partial charge in [-0.25, -0.2) is 4.79 Å². The summed E-state index contributed by atoms with van der Waals surface area (Å²) in [6, 6.07) is 8.20. The zero-order valence-corrected chi connectivity index (χ0v) is 15.1. The molecule has 2 saturated heterocycles. The van der Waals surface area contributed by atoms with E-state index >= 15 is 0 Å². The number of methoxy groups -OCH3 is 1. The molecule has 0 atom stereocenters. The van der Waals surface area contributed by atoms with E-state index in [9.17, 15) is 4.79 Å². The van der Waals surface area contributed by atoms with E-state index in [-0.39, 0.29) is 6.03 Å². The Bertz CT molecular complexity index is 553. The number of hydrogen-bond donors (Lipinski definition) is 1. The number of amides is 2. The summed E-state index contributed by atoms with van der Waals surface area (Å²) in [5, 5.41) is 3.10. The van der Waals surface area contributed by atoms with Crippen LogP contribution in [0.5, 0.6) is 5.75 Å². The SMILES string of the molecule is COc1ccccc1CN1CCN(C(=O)NCC2CCOCC2)CC1. The topological polar surface area (TPSA) is 54.0 Å². The van der Waals surface area contributed by atoms with Gasteiger partial charge in [-0.05, 0) is 24.8 Å². The summed E-state index contributed by atoms with van der Waals surface area (Å²) in [7, 11) is 1.71. The van der Waals surface area contributed by atoms with E-state index in [0.717, 1.165) is 71.1 Å². The average molecular weight is 347 g/mol. The average Bonchev–Trinajstić information content (AvgIpc) is 2.68. The van der Waals surface area contributed by atoms with E-state index in [1.807, 2.05) is 23.1 Å². The fraction of sp³-hybridized carbons (Fsp3) is 0.632. The second-order valence-electron chi connectivity index (χ2n) is 6.82. The van der Waals surface area contributed by atoms with Gasteiger partial charge in [-0.15, -0.1) is 0 Å². The minimum absolute atomic E-state index is 0.0726. The Labute approximate surface area is 150 Å². The third kappa shape index (κ3) is 5.09. The van der Waals surface area contributed by atoms with Crippen LogP contribution in [0.15, 0.2) is 24.3 Å². The maximum Gasteiger partial charge on any atom is 0.317 e. The molecule has 0 unspecified atom stereocenters. The summed E-state index contributed by atoms with van der Waals surface area (Å²) < 4.78 is 10.8. The maximum atomic E-state index is 12.4. The van der Waals surface area contributed by atoms with Crippen LogP contribution in [0.25, 0.3) is 0 Å². The van der Waals surface area contributed by atoms with Gasteiger partial charge in [0.2, 0.25) is 0 Å².